The third-order valence-electron chi connectivity index (χ3n) is 5.74. The number of anilines is 2. The van der Waals surface area contributed by atoms with Gasteiger partial charge in [0.05, 0.1) is 11.8 Å². The minimum absolute atomic E-state index is 0.165. The molecule has 2 atom stereocenters. The largest absolute Gasteiger partial charge is 0.481 e. The highest BCUT2D eigenvalue weighted by molar-refractivity contribution is 5.95. The second-order valence-corrected chi connectivity index (χ2v) is 7.29. The van der Waals surface area contributed by atoms with E-state index in [2.05, 4.69) is 22.0 Å². The highest BCUT2D eigenvalue weighted by Crippen LogP contribution is 2.31. The molecule has 1 amide bonds. The molecule has 0 spiro atoms. The number of carboxylic acids is 1. The molecule has 0 bridgehead atoms. The molecule has 1 aliphatic heterocycles. The lowest BCUT2D eigenvalue weighted by atomic mass is 9.78. The van der Waals surface area contributed by atoms with E-state index in [0.717, 1.165) is 51.3 Å². The topological polar surface area (TPSA) is 72.9 Å². The molecule has 0 aromatic heterocycles. The molecule has 142 valence electrons. The normalized spacial score (nSPS) is 24.3. The minimum atomic E-state index is -0.855. The van der Waals surface area contributed by atoms with Gasteiger partial charge in [0.2, 0.25) is 5.91 Å². The quantitative estimate of drug-likeness (QED) is 0.846. The predicted molar refractivity (Wildman–Crippen MR) is 102 cm³/mol. The maximum atomic E-state index is 12.5. The number of amides is 1. The number of rotatable bonds is 5. The zero-order valence-electron chi connectivity index (χ0n) is 15.5. The molecule has 2 N–H and O–H groups in total. The number of carbonyl (C=O) groups is 2. The van der Waals surface area contributed by atoms with Crippen molar-refractivity contribution in [2.45, 2.75) is 32.6 Å². The van der Waals surface area contributed by atoms with E-state index in [4.69, 9.17) is 0 Å². The van der Waals surface area contributed by atoms with E-state index in [1.54, 1.807) is 0 Å². The molecule has 1 saturated heterocycles. The first kappa shape index (κ1) is 18.7. The Morgan fingerprint density at radius 3 is 2.23 bits per heavy atom. The fourth-order valence-corrected chi connectivity index (χ4v) is 4.05. The van der Waals surface area contributed by atoms with Crippen LogP contribution in [-0.2, 0) is 9.59 Å². The molecule has 6 heteroatoms. The number of nitrogens with zero attached hydrogens (tertiary/aromatic N) is 2. The Balaban J connectivity index is 1.58. The molecule has 1 saturated carbocycles. The molecule has 2 aliphatic rings. The van der Waals surface area contributed by atoms with Crippen molar-refractivity contribution in [3.05, 3.63) is 24.3 Å². The van der Waals surface area contributed by atoms with Crippen LogP contribution < -0.4 is 10.2 Å². The zero-order valence-corrected chi connectivity index (χ0v) is 15.5. The molecular weight excluding hydrogens is 330 g/mol. The first-order chi connectivity index (χ1) is 12.6. The monoisotopic (exact) mass is 359 g/mol. The lowest BCUT2D eigenvalue weighted by Gasteiger charge is -2.35. The predicted octanol–water partition coefficient (Wildman–Crippen LogP) is 2.66. The smallest absolute Gasteiger partial charge is 0.307 e. The van der Waals surface area contributed by atoms with Gasteiger partial charge in [0, 0.05) is 37.6 Å². The van der Waals surface area contributed by atoms with Crippen molar-refractivity contribution in [1.82, 2.24) is 4.90 Å². The molecule has 1 aromatic rings. The molecule has 2 fully saturated rings. The summed E-state index contributed by atoms with van der Waals surface area (Å²) in [5.41, 5.74) is 1.90. The van der Waals surface area contributed by atoms with Crippen molar-refractivity contribution >= 4 is 23.3 Å². The van der Waals surface area contributed by atoms with Crippen LogP contribution in [-0.4, -0.2) is 54.6 Å². The van der Waals surface area contributed by atoms with Crippen LogP contribution in [0, 0.1) is 11.8 Å². The average Bonchev–Trinajstić information content (AvgIpc) is 2.68. The standard InChI is InChI=1S/C20H29N3O3/c1-2-22-11-13-23(14-12-22)16-9-7-15(8-10-16)21-19(24)17-5-3-4-6-18(17)20(25)26/h7-10,17-18H,2-6,11-14H2,1H3,(H,21,24)(H,25,26). The van der Waals surface area contributed by atoms with Crippen LogP contribution in [0.2, 0.25) is 0 Å². The summed E-state index contributed by atoms with van der Waals surface area (Å²) in [5, 5.41) is 12.3. The molecule has 1 aromatic carbocycles. The fraction of sp³-hybridized carbons (Fsp3) is 0.600. The molecular formula is C20H29N3O3. The Morgan fingerprint density at radius 1 is 1.04 bits per heavy atom. The number of hydrogen-bond donors (Lipinski definition) is 2. The summed E-state index contributed by atoms with van der Waals surface area (Å²) in [5.74, 6) is -2.01. The van der Waals surface area contributed by atoms with Gasteiger partial charge in [-0.05, 0) is 43.7 Å². The number of nitrogens with one attached hydrogen (secondary N) is 1. The van der Waals surface area contributed by atoms with Gasteiger partial charge in [0.1, 0.15) is 0 Å². The maximum Gasteiger partial charge on any atom is 0.307 e. The third-order valence-corrected chi connectivity index (χ3v) is 5.74. The number of piperazine rings is 1. The lowest BCUT2D eigenvalue weighted by Crippen LogP contribution is -2.46. The summed E-state index contributed by atoms with van der Waals surface area (Å²) < 4.78 is 0. The molecule has 1 heterocycles. The molecule has 26 heavy (non-hydrogen) atoms. The molecule has 2 unspecified atom stereocenters. The Labute approximate surface area is 155 Å². The van der Waals surface area contributed by atoms with Crippen LogP contribution in [0.1, 0.15) is 32.6 Å². The summed E-state index contributed by atoms with van der Waals surface area (Å²) in [7, 11) is 0. The highest BCUT2D eigenvalue weighted by Gasteiger charge is 2.35. The number of hydrogen-bond acceptors (Lipinski definition) is 4. The number of carbonyl (C=O) groups excluding carboxylic acids is 1. The lowest BCUT2D eigenvalue weighted by molar-refractivity contribution is -0.147. The Kier molecular flexibility index (Phi) is 6.14. The van der Waals surface area contributed by atoms with Crippen molar-refractivity contribution in [3.63, 3.8) is 0 Å². The van der Waals surface area contributed by atoms with Gasteiger partial charge in [-0.15, -0.1) is 0 Å². The van der Waals surface area contributed by atoms with E-state index in [0.29, 0.717) is 12.8 Å². The van der Waals surface area contributed by atoms with Crippen LogP contribution in [0.4, 0.5) is 11.4 Å². The van der Waals surface area contributed by atoms with Gasteiger partial charge < -0.3 is 20.2 Å². The number of aliphatic carboxylic acids is 1. The highest BCUT2D eigenvalue weighted by atomic mass is 16.4. The number of likely N-dealkylation sites (N-methyl/N-ethyl adjacent to an activating group) is 1. The van der Waals surface area contributed by atoms with Crippen LogP contribution in [0.5, 0.6) is 0 Å². The van der Waals surface area contributed by atoms with E-state index in [9.17, 15) is 14.7 Å². The first-order valence-electron chi connectivity index (χ1n) is 9.69. The molecule has 3 rings (SSSR count). The fourth-order valence-electron chi connectivity index (χ4n) is 4.05. The van der Waals surface area contributed by atoms with E-state index in [-0.39, 0.29) is 5.91 Å². The van der Waals surface area contributed by atoms with Crippen molar-refractivity contribution in [1.29, 1.82) is 0 Å². The van der Waals surface area contributed by atoms with Crippen molar-refractivity contribution < 1.29 is 14.7 Å². The van der Waals surface area contributed by atoms with Crippen LogP contribution in [0.15, 0.2) is 24.3 Å². The summed E-state index contributed by atoms with van der Waals surface area (Å²) >= 11 is 0. The van der Waals surface area contributed by atoms with E-state index in [1.807, 2.05) is 24.3 Å². The van der Waals surface area contributed by atoms with Crippen LogP contribution in [0.25, 0.3) is 0 Å². The first-order valence-corrected chi connectivity index (χ1v) is 9.69. The summed E-state index contributed by atoms with van der Waals surface area (Å²) in [6.07, 6.45) is 3.06. The Bertz CT molecular complexity index is 624. The van der Waals surface area contributed by atoms with Gasteiger partial charge in [0.15, 0.2) is 0 Å². The number of benzene rings is 1. The van der Waals surface area contributed by atoms with Gasteiger partial charge in [-0.1, -0.05) is 19.8 Å². The van der Waals surface area contributed by atoms with Crippen LogP contribution in [0.3, 0.4) is 0 Å². The molecule has 6 nitrogen and oxygen atoms in total. The number of carboxylic acid groups (broad SMARTS) is 1. The van der Waals surface area contributed by atoms with E-state index < -0.39 is 17.8 Å². The summed E-state index contributed by atoms with van der Waals surface area (Å²) in [6.45, 7) is 7.47. The van der Waals surface area contributed by atoms with Gasteiger partial charge in [-0.3, -0.25) is 9.59 Å². The summed E-state index contributed by atoms with van der Waals surface area (Å²) in [4.78, 5) is 28.7. The second-order valence-electron chi connectivity index (χ2n) is 7.29. The SMILES string of the molecule is CCN1CCN(c2ccc(NC(=O)C3CCCCC3C(=O)O)cc2)CC1. The molecule has 0 radical (unpaired) electrons. The van der Waals surface area contributed by atoms with Gasteiger partial charge in [-0.25, -0.2) is 0 Å². The zero-order chi connectivity index (χ0) is 18.5. The van der Waals surface area contributed by atoms with E-state index in [1.165, 1.54) is 5.69 Å². The van der Waals surface area contributed by atoms with Crippen molar-refractivity contribution in [3.8, 4) is 0 Å². The molecule has 1 aliphatic carbocycles. The van der Waals surface area contributed by atoms with Gasteiger partial charge >= 0.3 is 5.97 Å². The van der Waals surface area contributed by atoms with Crippen LogP contribution >= 0.6 is 0 Å². The average molecular weight is 359 g/mol. The van der Waals surface area contributed by atoms with E-state index >= 15 is 0 Å². The minimum Gasteiger partial charge on any atom is -0.481 e. The maximum absolute atomic E-state index is 12.5. The van der Waals surface area contributed by atoms with Crippen molar-refractivity contribution in [2.24, 2.45) is 11.8 Å². The second kappa shape index (κ2) is 8.54. The Morgan fingerprint density at radius 2 is 1.65 bits per heavy atom. The summed E-state index contributed by atoms with van der Waals surface area (Å²) in [6, 6.07) is 7.90. The van der Waals surface area contributed by atoms with Gasteiger partial charge in [0.25, 0.3) is 0 Å². The van der Waals surface area contributed by atoms with Gasteiger partial charge in [-0.2, -0.15) is 0 Å². The third kappa shape index (κ3) is 4.36. The van der Waals surface area contributed by atoms with Crippen molar-refractivity contribution in [2.75, 3.05) is 42.9 Å². The Hall–Kier alpha value is -2.08.